The first-order valence-corrected chi connectivity index (χ1v) is 5.88. The van der Waals surface area contributed by atoms with Gasteiger partial charge in [-0.3, -0.25) is 10.5 Å². The van der Waals surface area contributed by atoms with Gasteiger partial charge in [0, 0.05) is 10.9 Å². The van der Waals surface area contributed by atoms with Gasteiger partial charge in [-0.1, -0.05) is 41.7 Å². The fraction of sp³-hybridized carbons (Fsp3) is 0.167. The molecule has 3 nitrogen and oxygen atoms in total. The monoisotopic (exact) mass is 313 g/mol. The van der Waals surface area contributed by atoms with Gasteiger partial charge in [-0.2, -0.15) is 0 Å². The molecule has 0 amide bonds. The first-order valence-electron chi connectivity index (χ1n) is 5.00. The van der Waals surface area contributed by atoms with Crippen molar-refractivity contribution >= 4 is 39.2 Å². The second kappa shape index (κ2) is 5.93. The summed E-state index contributed by atoms with van der Waals surface area (Å²) in [7, 11) is 0. The number of carbonyl (C=O) groups is 1. The van der Waals surface area contributed by atoms with Crippen molar-refractivity contribution in [3.63, 3.8) is 0 Å². The Morgan fingerprint density at radius 2 is 2.00 bits per heavy atom. The van der Waals surface area contributed by atoms with Crippen LogP contribution in [0.15, 0.2) is 35.7 Å². The Balaban J connectivity index is 0.00000144. The number of nitrogens with zero attached hydrogens (tertiary/aromatic N) is 1. The third kappa shape index (κ3) is 3.14. The van der Waals surface area contributed by atoms with E-state index < -0.39 is 0 Å². The van der Waals surface area contributed by atoms with Crippen LogP contribution >= 0.6 is 28.3 Å². The van der Waals surface area contributed by atoms with Crippen LogP contribution in [0.2, 0.25) is 0 Å². The van der Waals surface area contributed by atoms with Gasteiger partial charge < -0.3 is 0 Å². The summed E-state index contributed by atoms with van der Waals surface area (Å²) in [5.41, 5.74) is 7.54. The van der Waals surface area contributed by atoms with E-state index in [1.54, 1.807) is 0 Å². The van der Waals surface area contributed by atoms with Crippen molar-refractivity contribution in [2.75, 3.05) is 5.73 Å². The number of thiazole rings is 1. The van der Waals surface area contributed by atoms with E-state index >= 15 is 0 Å². The van der Waals surface area contributed by atoms with Gasteiger partial charge in [0.1, 0.15) is 5.69 Å². The predicted octanol–water partition coefficient (Wildman–Crippen LogP) is 2.39. The molecule has 1 aromatic heterocycles. The van der Waals surface area contributed by atoms with Gasteiger partial charge in [-0.05, 0) is 6.92 Å². The number of rotatable bonds is 3. The highest BCUT2D eigenvalue weighted by atomic mass is 79.9. The van der Waals surface area contributed by atoms with Crippen molar-refractivity contribution in [1.29, 1.82) is 0 Å². The molecule has 0 saturated carbocycles. The first-order chi connectivity index (χ1) is 7.68. The van der Waals surface area contributed by atoms with Crippen LogP contribution in [-0.2, 0) is 6.54 Å². The number of anilines is 1. The Morgan fingerprint density at radius 3 is 2.53 bits per heavy atom. The van der Waals surface area contributed by atoms with Crippen LogP contribution in [0.25, 0.3) is 0 Å². The predicted molar refractivity (Wildman–Crippen MR) is 74.8 cm³/mol. The second-order valence-electron chi connectivity index (χ2n) is 3.59. The molecule has 0 radical (unpaired) electrons. The highest BCUT2D eigenvalue weighted by Gasteiger charge is 2.15. The molecule has 2 aromatic rings. The van der Waals surface area contributed by atoms with E-state index in [0.29, 0.717) is 11.7 Å². The molecule has 0 aliphatic carbocycles. The standard InChI is InChI=1S/C12H12N2OS.BrH/c1-9-8-16-12(13)14(9)7-11(15)10-5-3-2-4-6-10;/h2-6,8,13H,7H2,1H3;1H/p+1. The number of aromatic nitrogens is 1. The summed E-state index contributed by atoms with van der Waals surface area (Å²) in [6, 6.07) is 9.26. The van der Waals surface area contributed by atoms with Gasteiger partial charge >= 0.3 is 5.13 Å². The molecule has 17 heavy (non-hydrogen) atoms. The van der Waals surface area contributed by atoms with Crippen molar-refractivity contribution < 1.29 is 9.36 Å². The number of halogens is 1. The van der Waals surface area contributed by atoms with Crippen LogP contribution < -0.4 is 10.3 Å². The minimum Gasteiger partial charge on any atom is -0.290 e. The summed E-state index contributed by atoms with van der Waals surface area (Å²) in [6.07, 6.45) is 0. The minimum absolute atomic E-state index is 0. The maximum Gasteiger partial charge on any atom is 0.332 e. The zero-order valence-electron chi connectivity index (χ0n) is 9.42. The number of hydrogen-bond donors (Lipinski definition) is 1. The van der Waals surface area contributed by atoms with Crippen molar-refractivity contribution in [3.8, 4) is 0 Å². The molecule has 0 spiro atoms. The lowest BCUT2D eigenvalue weighted by atomic mass is 10.1. The fourth-order valence-electron chi connectivity index (χ4n) is 1.51. The molecule has 5 heteroatoms. The third-order valence-corrected chi connectivity index (χ3v) is 3.36. The van der Waals surface area contributed by atoms with E-state index in [2.05, 4.69) is 0 Å². The molecular weight excluding hydrogens is 300 g/mol. The second-order valence-corrected chi connectivity index (χ2v) is 4.48. The van der Waals surface area contributed by atoms with E-state index in [1.807, 2.05) is 47.2 Å². The Bertz CT molecular complexity index is 491. The van der Waals surface area contributed by atoms with Gasteiger partial charge in [0.2, 0.25) is 5.78 Å². The zero-order chi connectivity index (χ0) is 11.5. The molecule has 90 valence electrons. The fourth-order valence-corrected chi connectivity index (χ4v) is 2.26. The van der Waals surface area contributed by atoms with Crippen molar-refractivity contribution in [3.05, 3.63) is 47.0 Å². The topological polar surface area (TPSA) is 47.0 Å². The van der Waals surface area contributed by atoms with Crippen molar-refractivity contribution in [1.82, 2.24) is 0 Å². The van der Waals surface area contributed by atoms with E-state index in [-0.39, 0.29) is 22.8 Å². The van der Waals surface area contributed by atoms with E-state index in [4.69, 9.17) is 5.73 Å². The quantitative estimate of drug-likeness (QED) is 0.698. The van der Waals surface area contributed by atoms with Gasteiger partial charge in [-0.25, -0.2) is 4.57 Å². The van der Waals surface area contributed by atoms with Gasteiger partial charge in [-0.15, -0.1) is 17.0 Å². The lowest BCUT2D eigenvalue weighted by Gasteiger charge is -2.00. The van der Waals surface area contributed by atoms with Crippen LogP contribution in [0.3, 0.4) is 0 Å². The zero-order valence-corrected chi connectivity index (χ0v) is 12.0. The SMILES string of the molecule is Br.Cc1csc(N)[n+]1CC(=O)c1ccccc1. The molecule has 0 fully saturated rings. The number of benzene rings is 1. The van der Waals surface area contributed by atoms with Gasteiger partial charge in [0.05, 0.1) is 0 Å². The Kier molecular flexibility index (Phi) is 4.84. The van der Waals surface area contributed by atoms with Crippen molar-refractivity contribution in [2.24, 2.45) is 0 Å². The normalized spacial score (nSPS) is 9.71. The van der Waals surface area contributed by atoms with Crippen LogP contribution in [0, 0.1) is 6.92 Å². The molecular formula is C12H14BrN2OS+. The number of ketones is 1. The van der Waals surface area contributed by atoms with E-state index in [0.717, 1.165) is 11.3 Å². The Hall–Kier alpha value is -1.20. The number of Topliss-reactive ketones (excluding diaryl/α,β-unsaturated/α-hetero) is 1. The summed E-state index contributed by atoms with van der Waals surface area (Å²) in [4.78, 5) is 11.9. The van der Waals surface area contributed by atoms with Gasteiger partial charge in [0.25, 0.3) is 0 Å². The highest BCUT2D eigenvalue weighted by Crippen LogP contribution is 2.09. The van der Waals surface area contributed by atoms with Crippen LogP contribution in [0.1, 0.15) is 16.1 Å². The molecule has 0 unspecified atom stereocenters. The van der Waals surface area contributed by atoms with E-state index in [1.165, 1.54) is 11.3 Å². The van der Waals surface area contributed by atoms with E-state index in [9.17, 15) is 4.79 Å². The summed E-state index contributed by atoms with van der Waals surface area (Å²) in [6.45, 7) is 2.26. The average molecular weight is 314 g/mol. The number of aryl methyl sites for hydroxylation is 1. The maximum absolute atomic E-state index is 11.9. The largest absolute Gasteiger partial charge is 0.332 e. The average Bonchev–Trinajstić information content (AvgIpc) is 2.62. The summed E-state index contributed by atoms with van der Waals surface area (Å²) < 4.78 is 1.83. The number of nitrogens with two attached hydrogens (primary N) is 1. The van der Waals surface area contributed by atoms with Crippen molar-refractivity contribution in [2.45, 2.75) is 13.5 Å². The molecule has 0 atom stereocenters. The molecule has 2 N–H and O–H groups in total. The lowest BCUT2D eigenvalue weighted by molar-refractivity contribution is -0.670. The third-order valence-electron chi connectivity index (χ3n) is 2.44. The lowest BCUT2D eigenvalue weighted by Crippen LogP contribution is -2.41. The van der Waals surface area contributed by atoms with Crippen LogP contribution in [-0.4, -0.2) is 5.78 Å². The number of nitrogen functional groups attached to an aromatic ring is 1. The summed E-state index contributed by atoms with van der Waals surface area (Å²) in [5.74, 6) is 0.0822. The molecule has 0 aliphatic rings. The minimum atomic E-state index is 0. The molecule has 2 rings (SSSR count). The first kappa shape index (κ1) is 13.9. The maximum atomic E-state index is 11.9. The Morgan fingerprint density at radius 1 is 1.35 bits per heavy atom. The summed E-state index contributed by atoms with van der Waals surface area (Å²) in [5, 5.41) is 2.62. The smallest absolute Gasteiger partial charge is 0.290 e. The molecule has 0 aliphatic heterocycles. The number of carbonyl (C=O) groups excluding carboxylic acids is 1. The molecule has 1 heterocycles. The van der Waals surface area contributed by atoms with Crippen LogP contribution in [0.4, 0.5) is 5.13 Å². The molecule has 1 aromatic carbocycles. The number of hydrogen-bond acceptors (Lipinski definition) is 3. The van der Waals surface area contributed by atoms with Gasteiger partial charge in [0.15, 0.2) is 6.54 Å². The Labute approximate surface area is 115 Å². The van der Waals surface area contributed by atoms with Crippen LogP contribution in [0.5, 0.6) is 0 Å². The molecule has 0 bridgehead atoms. The molecule has 0 saturated heterocycles. The summed E-state index contributed by atoms with van der Waals surface area (Å²) >= 11 is 1.46. The highest BCUT2D eigenvalue weighted by molar-refractivity contribution is 8.93.